The molecule has 3 heteroatoms. The van der Waals surface area contributed by atoms with Gasteiger partial charge in [0.05, 0.1) is 12.2 Å². The Morgan fingerprint density at radius 3 is 2.47 bits per heavy atom. The van der Waals surface area contributed by atoms with Gasteiger partial charge in [0.25, 0.3) is 0 Å². The molecule has 1 aromatic rings. The smallest absolute Gasteiger partial charge is 0.341 e. The molecule has 0 aliphatic carbocycles. The van der Waals surface area contributed by atoms with Gasteiger partial charge in [-0.3, -0.25) is 0 Å². The third-order valence-corrected chi connectivity index (χ3v) is 1.62. The van der Waals surface area contributed by atoms with Gasteiger partial charge in [-0.1, -0.05) is 19.9 Å². The predicted octanol–water partition coefficient (Wildman–Crippen LogP) is 3.34. The summed E-state index contributed by atoms with van der Waals surface area (Å²) in [5, 5.41) is 0. The topological polar surface area (TPSA) is 26.3 Å². The predicted molar refractivity (Wildman–Crippen MR) is 58.4 cm³/mol. The number of halogens is 1. The molecule has 0 unspecified atom stereocenters. The van der Waals surface area contributed by atoms with Gasteiger partial charge in [0, 0.05) is 0 Å². The lowest BCUT2D eigenvalue weighted by Gasteiger charge is -2.03. The van der Waals surface area contributed by atoms with E-state index in [0.717, 1.165) is 5.56 Å². The Morgan fingerprint density at radius 2 is 2.00 bits per heavy atom. The van der Waals surface area contributed by atoms with Gasteiger partial charge in [-0.25, -0.2) is 9.18 Å². The highest BCUT2D eigenvalue weighted by Crippen LogP contribution is 2.10. The molecule has 0 amide bonds. The number of esters is 1. The van der Waals surface area contributed by atoms with Gasteiger partial charge < -0.3 is 4.74 Å². The summed E-state index contributed by atoms with van der Waals surface area (Å²) < 4.78 is 17.8. The highest BCUT2D eigenvalue weighted by molar-refractivity contribution is 5.89. The van der Waals surface area contributed by atoms with Gasteiger partial charge in [0.2, 0.25) is 0 Å². The van der Waals surface area contributed by atoms with Crippen molar-refractivity contribution >= 4 is 5.97 Å². The highest BCUT2D eigenvalue weighted by Gasteiger charge is 2.11. The number of benzene rings is 1. The number of rotatable bonds is 2. The summed E-state index contributed by atoms with van der Waals surface area (Å²) in [7, 11) is 0. The number of hydrogen-bond donors (Lipinski definition) is 0. The van der Waals surface area contributed by atoms with Crippen LogP contribution in [0.5, 0.6) is 0 Å². The highest BCUT2D eigenvalue weighted by atomic mass is 19.1. The van der Waals surface area contributed by atoms with Crippen molar-refractivity contribution in [2.45, 2.75) is 27.7 Å². The van der Waals surface area contributed by atoms with Crippen molar-refractivity contribution in [2.75, 3.05) is 6.61 Å². The van der Waals surface area contributed by atoms with E-state index >= 15 is 0 Å². The second-order valence-corrected chi connectivity index (χ2v) is 2.70. The molecule has 0 aromatic heterocycles. The zero-order chi connectivity index (χ0) is 11.8. The minimum absolute atomic E-state index is 0.00699. The third kappa shape index (κ3) is 4.11. The van der Waals surface area contributed by atoms with Crippen LogP contribution in [0, 0.1) is 12.7 Å². The summed E-state index contributed by atoms with van der Waals surface area (Å²) in [6, 6.07) is 4.42. The van der Waals surface area contributed by atoms with Crippen LogP contribution in [0.25, 0.3) is 0 Å². The van der Waals surface area contributed by atoms with E-state index in [4.69, 9.17) is 0 Å². The fourth-order valence-corrected chi connectivity index (χ4v) is 0.995. The Morgan fingerprint density at radius 1 is 1.40 bits per heavy atom. The van der Waals surface area contributed by atoms with Crippen molar-refractivity contribution in [3.05, 3.63) is 35.1 Å². The van der Waals surface area contributed by atoms with Crippen LogP contribution in [-0.4, -0.2) is 12.6 Å². The minimum atomic E-state index is -0.611. The molecule has 0 heterocycles. The van der Waals surface area contributed by atoms with Crippen LogP contribution in [0.3, 0.4) is 0 Å². The molecular weight excluding hydrogens is 195 g/mol. The van der Waals surface area contributed by atoms with Crippen molar-refractivity contribution < 1.29 is 13.9 Å². The Hall–Kier alpha value is -1.38. The molecule has 0 N–H and O–H groups in total. The molecule has 0 spiro atoms. The van der Waals surface area contributed by atoms with Crippen molar-refractivity contribution in [3.8, 4) is 0 Å². The SMILES string of the molecule is CC.CCOC(=O)c1ccc(C)cc1F. The van der Waals surface area contributed by atoms with Crippen LogP contribution in [0.4, 0.5) is 4.39 Å². The number of aryl methyl sites for hydroxylation is 1. The summed E-state index contributed by atoms with van der Waals surface area (Å²) in [5.74, 6) is -1.14. The summed E-state index contributed by atoms with van der Waals surface area (Å²) >= 11 is 0. The number of ether oxygens (including phenoxy) is 1. The maximum atomic E-state index is 13.1. The fourth-order valence-electron chi connectivity index (χ4n) is 0.995. The lowest BCUT2D eigenvalue weighted by molar-refractivity contribution is 0.0521. The first-order chi connectivity index (χ1) is 7.15. The first-order valence-electron chi connectivity index (χ1n) is 5.08. The molecule has 0 radical (unpaired) electrons. The Bertz CT molecular complexity index is 321. The van der Waals surface area contributed by atoms with Gasteiger partial charge in [-0.15, -0.1) is 0 Å². The second kappa shape index (κ2) is 6.98. The van der Waals surface area contributed by atoms with Crippen LogP contribution in [0.1, 0.15) is 36.7 Å². The standard InChI is InChI=1S/C10H11FO2.C2H6/c1-3-13-10(12)8-5-4-7(2)6-9(8)11;1-2/h4-6H,3H2,1-2H3;1-2H3. The maximum absolute atomic E-state index is 13.1. The van der Waals surface area contributed by atoms with Crippen LogP contribution in [0.15, 0.2) is 18.2 Å². The molecule has 1 rings (SSSR count). The number of carbonyl (C=O) groups excluding carboxylic acids is 1. The molecule has 15 heavy (non-hydrogen) atoms. The number of carbonyl (C=O) groups is 1. The van der Waals surface area contributed by atoms with Gasteiger partial charge in [0.1, 0.15) is 5.82 Å². The summed E-state index contributed by atoms with van der Waals surface area (Å²) in [6.45, 7) is 7.70. The van der Waals surface area contributed by atoms with Crippen molar-refractivity contribution in [3.63, 3.8) is 0 Å². The molecule has 0 aliphatic heterocycles. The Kier molecular flexibility index (Phi) is 6.34. The molecule has 0 atom stereocenters. The first kappa shape index (κ1) is 13.6. The maximum Gasteiger partial charge on any atom is 0.341 e. The summed E-state index contributed by atoms with van der Waals surface area (Å²) in [5.41, 5.74) is 0.776. The zero-order valence-electron chi connectivity index (χ0n) is 9.63. The molecular formula is C12H17FO2. The molecule has 0 fully saturated rings. The van der Waals surface area contributed by atoms with Crippen molar-refractivity contribution in [1.82, 2.24) is 0 Å². The van der Waals surface area contributed by atoms with Crippen LogP contribution >= 0.6 is 0 Å². The average molecular weight is 212 g/mol. The minimum Gasteiger partial charge on any atom is -0.462 e. The van der Waals surface area contributed by atoms with Gasteiger partial charge in [-0.2, -0.15) is 0 Å². The number of hydrogen-bond acceptors (Lipinski definition) is 2. The monoisotopic (exact) mass is 212 g/mol. The largest absolute Gasteiger partial charge is 0.462 e. The lowest BCUT2D eigenvalue weighted by atomic mass is 10.1. The van der Waals surface area contributed by atoms with E-state index in [1.165, 1.54) is 12.1 Å². The van der Waals surface area contributed by atoms with Crippen LogP contribution in [0.2, 0.25) is 0 Å². The molecule has 2 nitrogen and oxygen atoms in total. The molecule has 0 saturated carbocycles. The average Bonchev–Trinajstić information content (AvgIpc) is 2.21. The molecule has 0 bridgehead atoms. The lowest BCUT2D eigenvalue weighted by Crippen LogP contribution is -2.07. The molecule has 0 saturated heterocycles. The summed E-state index contributed by atoms with van der Waals surface area (Å²) in [4.78, 5) is 11.1. The quantitative estimate of drug-likeness (QED) is 0.703. The summed E-state index contributed by atoms with van der Waals surface area (Å²) in [6.07, 6.45) is 0. The van der Waals surface area contributed by atoms with Crippen molar-refractivity contribution in [2.24, 2.45) is 0 Å². The van der Waals surface area contributed by atoms with E-state index < -0.39 is 11.8 Å². The Balaban J connectivity index is 0.000000921. The van der Waals surface area contributed by atoms with E-state index in [0.29, 0.717) is 0 Å². The van der Waals surface area contributed by atoms with E-state index in [1.54, 1.807) is 19.9 Å². The van der Waals surface area contributed by atoms with Crippen LogP contribution < -0.4 is 0 Å². The zero-order valence-corrected chi connectivity index (χ0v) is 9.63. The van der Waals surface area contributed by atoms with Gasteiger partial charge >= 0.3 is 5.97 Å². The molecule has 0 aliphatic rings. The van der Waals surface area contributed by atoms with Gasteiger partial charge in [0.15, 0.2) is 0 Å². The van der Waals surface area contributed by atoms with E-state index in [9.17, 15) is 9.18 Å². The van der Waals surface area contributed by atoms with Crippen LogP contribution in [-0.2, 0) is 4.74 Å². The third-order valence-electron chi connectivity index (χ3n) is 1.62. The fraction of sp³-hybridized carbons (Fsp3) is 0.417. The Labute approximate surface area is 90.1 Å². The van der Waals surface area contributed by atoms with E-state index in [2.05, 4.69) is 4.74 Å². The second-order valence-electron chi connectivity index (χ2n) is 2.70. The first-order valence-corrected chi connectivity index (χ1v) is 5.08. The molecule has 1 aromatic carbocycles. The molecule has 84 valence electrons. The van der Waals surface area contributed by atoms with E-state index in [-0.39, 0.29) is 12.2 Å². The van der Waals surface area contributed by atoms with Gasteiger partial charge in [-0.05, 0) is 31.5 Å². The van der Waals surface area contributed by atoms with Crippen molar-refractivity contribution in [1.29, 1.82) is 0 Å². The van der Waals surface area contributed by atoms with E-state index in [1.807, 2.05) is 13.8 Å². The normalized spacial score (nSPS) is 8.87.